The zero-order valence-electron chi connectivity index (χ0n) is 15.4. The molecule has 1 amide bonds. The normalized spacial score (nSPS) is 14.1. The number of amides is 1. The average molecular weight is 406 g/mol. The number of thioether (sulfide) groups is 1. The lowest BCUT2D eigenvalue weighted by atomic mass is 10.2. The first kappa shape index (κ1) is 21.5. The Labute approximate surface area is 166 Å². The van der Waals surface area contributed by atoms with Crippen LogP contribution in [0.15, 0.2) is 52.0 Å². The number of carbonyl (C=O) groups excluding carboxylic acids is 1. The fourth-order valence-corrected chi connectivity index (χ4v) is 3.06. The van der Waals surface area contributed by atoms with Crippen LogP contribution >= 0.6 is 11.8 Å². The lowest BCUT2D eigenvalue weighted by Gasteiger charge is -2.34. The van der Waals surface area contributed by atoms with E-state index in [0.29, 0.717) is 5.76 Å². The predicted octanol–water partition coefficient (Wildman–Crippen LogP) is 2.12. The van der Waals surface area contributed by atoms with Crippen molar-refractivity contribution in [3.63, 3.8) is 0 Å². The number of furan rings is 1. The van der Waals surface area contributed by atoms with Crippen LogP contribution in [0.1, 0.15) is 16.1 Å². The van der Waals surface area contributed by atoms with Crippen LogP contribution in [0.5, 0.6) is 0 Å². The molecule has 1 aliphatic rings. The summed E-state index contributed by atoms with van der Waals surface area (Å²) in [5, 5.41) is 14.8. The Hall–Kier alpha value is -2.78. The highest BCUT2D eigenvalue weighted by Gasteiger charge is 2.23. The molecule has 0 radical (unpaired) electrons. The minimum atomic E-state index is -1.82. The Morgan fingerprint density at radius 1 is 1.00 bits per heavy atom. The number of rotatable bonds is 4. The van der Waals surface area contributed by atoms with E-state index < -0.39 is 11.9 Å². The van der Waals surface area contributed by atoms with Gasteiger partial charge >= 0.3 is 11.9 Å². The monoisotopic (exact) mass is 406 g/mol. The van der Waals surface area contributed by atoms with Crippen molar-refractivity contribution in [1.82, 2.24) is 9.80 Å². The van der Waals surface area contributed by atoms with Gasteiger partial charge in [-0.1, -0.05) is 12.1 Å². The van der Waals surface area contributed by atoms with Crippen LogP contribution in [0.25, 0.3) is 0 Å². The van der Waals surface area contributed by atoms with Crippen LogP contribution in [0, 0.1) is 0 Å². The Morgan fingerprint density at radius 2 is 1.61 bits per heavy atom. The molecule has 9 heteroatoms. The molecule has 0 aliphatic carbocycles. The maximum Gasteiger partial charge on any atom is 0.414 e. The molecule has 2 N–H and O–H groups in total. The molecule has 1 aliphatic heterocycles. The molecule has 1 aromatic carbocycles. The van der Waals surface area contributed by atoms with Gasteiger partial charge in [0, 0.05) is 37.6 Å². The standard InChI is InChI=1S/C17H20N2O2S.C2H2O4/c1-22-15-6-4-14(5-7-15)13-18-8-10-19(11-9-18)17(20)16-3-2-12-21-16;3-1(4)2(5)6/h2-7,12H,8-11,13H2,1H3;(H,3,4)(H,5,6). The van der Waals surface area contributed by atoms with E-state index in [1.165, 1.54) is 10.5 Å². The molecule has 0 bridgehead atoms. The molecule has 3 rings (SSSR count). The molecule has 1 saturated heterocycles. The summed E-state index contributed by atoms with van der Waals surface area (Å²) < 4.78 is 5.19. The first-order chi connectivity index (χ1) is 13.4. The highest BCUT2D eigenvalue weighted by atomic mass is 32.2. The van der Waals surface area contributed by atoms with E-state index in [1.807, 2.05) is 4.90 Å². The maximum absolute atomic E-state index is 12.2. The molecular formula is C19H22N2O6S. The van der Waals surface area contributed by atoms with Gasteiger partial charge in [0.05, 0.1) is 6.26 Å². The number of nitrogens with zero attached hydrogens (tertiary/aromatic N) is 2. The quantitative estimate of drug-likeness (QED) is 0.587. The predicted molar refractivity (Wildman–Crippen MR) is 103 cm³/mol. The van der Waals surface area contributed by atoms with Gasteiger partial charge in [0.1, 0.15) is 0 Å². The molecule has 0 saturated carbocycles. The van der Waals surface area contributed by atoms with Gasteiger partial charge in [-0.15, -0.1) is 11.8 Å². The van der Waals surface area contributed by atoms with Gasteiger partial charge in [0.25, 0.3) is 5.91 Å². The Bertz CT molecular complexity index is 771. The largest absolute Gasteiger partial charge is 0.473 e. The summed E-state index contributed by atoms with van der Waals surface area (Å²) >= 11 is 1.76. The van der Waals surface area contributed by atoms with Gasteiger partial charge in [-0.3, -0.25) is 9.69 Å². The molecule has 28 heavy (non-hydrogen) atoms. The lowest BCUT2D eigenvalue weighted by Crippen LogP contribution is -2.48. The van der Waals surface area contributed by atoms with E-state index in [4.69, 9.17) is 24.2 Å². The molecule has 2 aromatic rings. The summed E-state index contributed by atoms with van der Waals surface area (Å²) in [5.74, 6) is -3.22. The molecule has 2 heterocycles. The van der Waals surface area contributed by atoms with E-state index in [-0.39, 0.29) is 5.91 Å². The van der Waals surface area contributed by atoms with Gasteiger partial charge in [-0.25, -0.2) is 9.59 Å². The van der Waals surface area contributed by atoms with Crippen molar-refractivity contribution in [2.75, 3.05) is 32.4 Å². The van der Waals surface area contributed by atoms with Crippen molar-refractivity contribution < 1.29 is 29.0 Å². The second-order valence-electron chi connectivity index (χ2n) is 6.00. The summed E-state index contributed by atoms with van der Waals surface area (Å²) in [7, 11) is 0. The van der Waals surface area contributed by atoms with E-state index in [2.05, 4.69) is 35.4 Å². The molecular weight excluding hydrogens is 384 g/mol. The zero-order valence-corrected chi connectivity index (χ0v) is 16.2. The van der Waals surface area contributed by atoms with Crippen LogP contribution in [-0.4, -0.2) is 70.3 Å². The van der Waals surface area contributed by atoms with Crippen LogP contribution in [-0.2, 0) is 16.1 Å². The Kier molecular flexibility index (Phi) is 8.09. The van der Waals surface area contributed by atoms with Gasteiger partial charge < -0.3 is 19.5 Å². The molecule has 8 nitrogen and oxygen atoms in total. The van der Waals surface area contributed by atoms with Crippen molar-refractivity contribution in [2.24, 2.45) is 0 Å². The first-order valence-corrected chi connectivity index (χ1v) is 9.77. The van der Waals surface area contributed by atoms with E-state index >= 15 is 0 Å². The van der Waals surface area contributed by atoms with Crippen LogP contribution in [0.2, 0.25) is 0 Å². The third-order valence-corrected chi connectivity index (χ3v) is 4.88. The molecule has 150 valence electrons. The summed E-state index contributed by atoms with van der Waals surface area (Å²) in [6, 6.07) is 12.2. The number of carboxylic acids is 2. The van der Waals surface area contributed by atoms with Crippen molar-refractivity contribution in [1.29, 1.82) is 0 Å². The topological polar surface area (TPSA) is 111 Å². The minimum Gasteiger partial charge on any atom is -0.473 e. The minimum absolute atomic E-state index is 0.00558. The summed E-state index contributed by atoms with van der Waals surface area (Å²) in [4.78, 5) is 36.0. The Morgan fingerprint density at radius 3 is 2.07 bits per heavy atom. The molecule has 0 spiro atoms. The number of hydrogen-bond acceptors (Lipinski definition) is 6. The van der Waals surface area contributed by atoms with Crippen molar-refractivity contribution in [3.05, 3.63) is 54.0 Å². The number of carboxylic acid groups (broad SMARTS) is 2. The zero-order chi connectivity index (χ0) is 20.5. The molecule has 0 atom stereocenters. The number of hydrogen-bond donors (Lipinski definition) is 2. The first-order valence-electron chi connectivity index (χ1n) is 8.55. The molecule has 1 fully saturated rings. The smallest absolute Gasteiger partial charge is 0.414 e. The van der Waals surface area contributed by atoms with Gasteiger partial charge in [-0.05, 0) is 36.1 Å². The van der Waals surface area contributed by atoms with E-state index in [0.717, 1.165) is 32.7 Å². The average Bonchev–Trinajstić information content (AvgIpc) is 3.24. The third-order valence-electron chi connectivity index (χ3n) is 4.14. The second-order valence-corrected chi connectivity index (χ2v) is 6.88. The summed E-state index contributed by atoms with van der Waals surface area (Å²) in [6.45, 7) is 4.25. The number of aliphatic carboxylic acids is 2. The van der Waals surface area contributed by atoms with Crippen molar-refractivity contribution in [2.45, 2.75) is 11.4 Å². The maximum atomic E-state index is 12.2. The van der Waals surface area contributed by atoms with Crippen molar-refractivity contribution >= 4 is 29.6 Å². The summed E-state index contributed by atoms with van der Waals surface area (Å²) in [5.41, 5.74) is 1.32. The van der Waals surface area contributed by atoms with E-state index in [1.54, 1.807) is 30.2 Å². The lowest BCUT2D eigenvalue weighted by molar-refractivity contribution is -0.159. The third kappa shape index (κ3) is 6.43. The van der Waals surface area contributed by atoms with Crippen LogP contribution in [0.4, 0.5) is 0 Å². The van der Waals surface area contributed by atoms with Crippen molar-refractivity contribution in [3.8, 4) is 0 Å². The highest BCUT2D eigenvalue weighted by Crippen LogP contribution is 2.17. The fourth-order valence-electron chi connectivity index (χ4n) is 2.65. The summed E-state index contributed by atoms with van der Waals surface area (Å²) in [6.07, 6.45) is 3.63. The van der Waals surface area contributed by atoms with Crippen LogP contribution in [0.3, 0.4) is 0 Å². The SMILES string of the molecule is CSc1ccc(CN2CCN(C(=O)c3ccco3)CC2)cc1.O=C(O)C(=O)O. The highest BCUT2D eigenvalue weighted by molar-refractivity contribution is 7.98. The Balaban J connectivity index is 0.000000409. The fraction of sp³-hybridized carbons (Fsp3) is 0.316. The number of carbonyl (C=O) groups is 3. The van der Waals surface area contributed by atoms with Gasteiger partial charge in [0.15, 0.2) is 5.76 Å². The molecule has 0 unspecified atom stereocenters. The van der Waals surface area contributed by atoms with E-state index in [9.17, 15) is 4.79 Å². The van der Waals surface area contributed by atoms with Gasteiger partial charge in [-0.2, -0.15) is 0 Å². The van der Waals surface area contributed by atoms with Crippen LogP contribution < -0.4 is 0 Å². The molecule has 1 aromatic heterocycles. The van der Waals surface area contributed by atoms with Gasteiger partial charge in [0.2, 0.25) is 0 Å². The number of piperazine rings is 1. The number of benzene rings is 1. The second kappa shape index (κ2) is 10.5.